The summed E-state index contributed by atoms with van der Waals surface area (Å²) in [6.45, 7) is 0. The Morgan fingerprint density at radius 3 is 1.61 bits per heavy atom. The van der Waals surface area contributed by atoms with Crippen LogP contribution in [-0.4, -0.2) is 4.57 Å². The van der Waals surface area contributed by atoms with Crippen LogP contribution in [0.4, 0.5) is 17.1 Å². The fraction of sp³-hybridized carbons (Fsp3) is 0.263. The molecule has 0 aliphatic heterocycles. The average Bonchev–Trinajstić information content (AvgIpc) is 4.04. The molecule has 5 fully saturated rings. The van der Waals surface area contributed by atoms with Crippen LogP contribution < -0.4 is 4.90 Å². The number of hydrogen-bond donors (Lipinski definition) is 0. The molecule has 7 aliphatic carbocycles. The van der Waals surface area contributed by atoms with Gasteiger partial charge in [0.25, 0.3) is 0 Å². The summed E-state index contributed by atoms with van der Waals surface area (Å²) in [6, 6.07) is 61.1. The molecule has 0 radical (unpaired) electrons. The standard InChI is InChI=1S/C57H48N2/c1-5-18-50-44(14-1)48-34-42(22-24-51(48)56(50)26-9-10-27-56)58(40-12-11-13-41(33-40)59-54-20-7-3-16-46(54)47-17-4-8-21-55(47)59)43-23-25-53-49(35-43)45-15-2-6-19-52(45)57(53)38-29-36-28-37(31-38)32-39(57)30-36/h1-8,11-25,33-39H,9-10,26-32H2. The van der Waals surface area contributed by atoms with Gasteiger partial charge >= 0.3 is 0 Å². The molecule has 286 valence electrons. The SMILES string of the molecule is c1cc(N(c2ccc3c(c2)-c2ccccc2C32CCCC2)c2ccc3c(c2)-c2ccccc2C32C3CC4CC(C3)CC2C4)cc(-n2c3ccccc3c3ccccc32)c1. The van der Waals surface area contributed by atoms with Gasteiger partial charge in [-0.1, -0.05) is 116 Å². The van der Waals surface area contributed by atoms with E-state index in [2.05, 4.69) is 167 Å². The van der Waals surface area contributed by atoms with Crippen LogP contribution in [0.5, 0.6) is 0 Å². The largest absolute Gasteiger partial charge is 0.310 e. The van der Waals surface area contributed by atoms with Gasteiger partial charge in [0, 0.05) is 44.4 Å². The third-order valence-corrected chi connectivity index (χ3v) is 16.7. The lowest BCUT2D eigenvalue weighted by molar-refractivity contribution is -0.0399. The third-order valence-electron chi connectivity index (χ3n) is 16.7. The van der Waals surface area contributed by atoms with E-state index in [-0.39, 0.29) is 10.8 Å². The van der Waals surface area contributed by atoms with Crippen molar-refractivity contribution in [3.05, 3.63) is 180 Å². The molecule has 7 aliphatic rings. The Morgan fingerprint density at radius 1 is 0.424 bits per heavy atom. The van der Waals surface area contributed by atoms with Crippen molar-refractivity contribution in [1.82, 2.24) is 4.57 Å². The van der Waals surface area contributed by atoms with Crippen molar-refractivity contribution < 1.29 is 0 Å². The number of nitrogens with zero attached hydrogens (tertiary/aromatic N) is 2. The highest BCUT2D eigenvalue weighted by atomic mass is 15.1. The molecule has 0 N–H and O–H groups in total. The van der Waals surface area contributed by atoms with Gasteiger partial charge in [-0.15, -0.1) is 0 Å². The fourth-order valence-corrected chi connectivity index (χ4v) is 14.8. The van der Waals surface area contributed by atoms with Gasteiger partial charge in [-0.3, -0.25) is 0 Å². The number of anilines is 3. The zero-order valence-corrected chi connectivity index (χ0v) is 33.6. The van der Waals surface area contributed by atoms with Gasteiger partial charge in [0.15, 0.2) is 0 Å². The fourth-order valence-electron chi connectivity index (χ4n) is 14.8. The van der Waals surface area contributed by atoms with Crippen LogP contribution in [0, 0.1) is 23.7 Å². The Kier molecular flexibility index (Phi) is 6.65. The summed E-state index contributed by atoms with van der Waals surface area (Å²) in [5, 5.41) is 2.58. The van der Waals surface area contributed by atoms with Crippen molar-refractivity contribution in [3.63, 3.8) is 0 Å². The van der Waals surface area contributed by atoms with Crippen molar-refractivity contribution in [3.8, 4) is 27.9 Å². The Hall–Kier alpha value is -5.86. The van der Waals surface area contributed by atoms with Gasteiger partial charge in [-0.2, -0.15) is 0 Å². The van der Waals surface area contributed by atoms with Gasteiger partial charge in [0.2, 0.25) is 0 Å². The van der Waals surface area contributed by atoms with Gasteiger partial charge in [-0.05, 0) is 168 Å². The number of hydrogen-bond acceptors (Lipinski definition) is 1. The second kappa shape index (κ2) is 11.9. The first-order valence-corrected chi connectivity index (χ1v) is 22.6. The van der Waals surface area contributed by atoms with Crippen LogP contribution in [0.15, 0.2) is 158 Å². The summed E-state index contributed by atoms with van der Waals surface area (Å²) in [4.78, 5) is 2.57. The van der Waals surface area contributed by atoms with Crippen LogP contribution in [-0.2, 0) is 10.8 Å². The first kappa shape index (κ1) is 33.0. The molecule has 0 amide bonds. The van der Waals surface area contributed by atoms with E-state index in [1.807, 2.05) is 0 Å². The van der Waals surface area contributed by atoms with E-state index in [0.717, 1.165) is 23.7 Å². The molecule has 1 heterocycles. The van der Waals surface area contributed by atoms with E-state index in [1.54, 1.807) is 16.7 Å². The molecule has 0 saturated heterocycles. The van der Waals surface area contributed by atoms with Crippen LogP contribution >= 0.6 is 0 Å². The lowest BCUT2D eigenvalue weighted by atomic mass is 9.43. The van der Waals surface area contributed by atoms with Gasteiger partial charge in [0.05, 0.1) is 11.0 Å². The minimum Gasteiger partial charge on any atom is -0.310 e. The first-order chi connectivity index (χ1) is 29.2. The number of aromatic nitrogens is 1. The third kappa shape index (κ3) is 4.27. The molecule has 2 nitrogen and oxygen atoms in total. The minimum atomic E-state index is 0.149. The van der Waals surface area contributed by atoms with Gasteiger partial charge < -0.3 is 9.47 Å². The second-order valence-electron chi connectivity index (χ2n) is 19.2. The van der Waals surface area contributed by atoms with E-state index >= 15 is 0 Å². The molecule has 5 saturated carbocycles. The maximum absolute atomic E-state index is 2.59. The minimum absolute atomic E-state index is 0.149. The van der Waals surface area contributed by atoms with E-state index < -0.39 is 0 Å². The molecule has 0 unspecified atom stereocenters. The smallest absolute Gasteiger partial charge is 0.0541 e. The molecule has 2 heteroatoms. The Labute approximate surface area is 347 Å². The summed E-state index contributed by atoms with van der Waals surface area (Å²) in [7, 11) is 0. The zero-order chi connectivity index (χ0) is 38.5. The van der Waals surface area contributed by atoms with Crippen molar-refractivity contribution in [2.75, 3.05) is 4.90 Å². The monoisotopic (exact) mass is 760 g/mol. The van der Waals surface area contributed by atoms with Crippen LogP contribution in [0.3, 0.4) is 0 Å². The predicted octanol–water partition coefficient (Wildman–Crippen LogP) is 14.8. The number of para-hydroxylation sites is 2. The summed E-state index contributed by atoms with van der Waals surface area (Å²) >= 11 is 0. The summed E-state index contributed by atoms with van der Waals surface area (Å²) in [5.41, 5.74) is 19.7. The Balaban J connectivity index is 0.989. The molecular weight excluding hydrogens is 713 g/mol. The Bertz CT molecular complexity index is 2960. The van der Waals surface area contributed by atoms with E-state index in [4.69, 9.17) is 0 Å². The van der Waals surface area contributed by atoms with Crippen molar-refractivity contribution in [2.45, 2.75) is 68.6 Å². The van der Waals surface area contributed by atoms with Crippen molar-refractivity contribution >= 4 is 38.9 Å². The second-order valence-corrected chi connectivity index (χ2v) is 19.2. The number of benzene rings is 7. The summed E-state index contributed by atoms with van der Waals surface area (Å²) < 4.78 is 2.46. The molecule has 0 atom stereocenters. The van der Waals surface area contributed by atoms with Gasteiger partial charge in [0.1, 0.15) is 0 Å². The van der Waals surface area contributed by atoms with Crippen molar-refractivity contribution in [1.29, 1.82) is 0 Å². The zero-order valence-electron chi connectivity index (χ0n) is 33.6. The van der Waals surface area contributed by atoms with Gasteiger partial charge in [-0.25, -0.2) is 0 Å². The average molecular weight is 761 g/mol. The van der Waals surface area contributed by atoms with E-state index in [1.165, 1.54) is 130 Å². The lowest BCUT2D eigenvalue weighted by Gasteiger charge is -2.61. The molecule has 1 aromatic heterocycles. The first-order valence-electron chi connectivity index (χ1n) is 22.6. The highest BCUT2D eigenvalue weighted by Gasteiger charge is 2.61. The topological polar surface area (TPSA) is 8.17 Å². The molecule has 15 rings (SSSR count). The molecule has 7 aromatic carbocycles. The molecule has 4 bridgehead atoms. The molecular formula is C57H48N2. The summed E-state index contributed by atoms with van der Waals surface area (Å²) in [6.07, 6.45) is 12.2. The normalized spacial score (nSPS) is 24.9. The highest BCUT2D eigenvalue weighted by Crippen LogP contribution is 2.69. The quantitative estimate of drug-likeness (QED) is 0.173. The maximum Gasteiger partial charge on any atom is 0.0541 e. The highest BCUT2D eigenvalue weighted by molar-refractivity contribution is 6.09. The van der Waals surface area contributed by atoms with Crippen LogP contribution in [0.25, 0.3) is 49.7 Å². The lowest BCUT2D eigenvalue weighted by Crippen LogP contribution is -2.55. The molecule has 59 heavy (non-hydrogen) atoms. The van der Waals surface area contributed by atoms with E-state index in [0.29, 0.717) is 0 Å². The van der Waals surface area contributed by atoms with E-state index in [9.17, 15) is 0 Å². The molecule has 2 spiro atoms. The summed E-state index contributed by atoms with van der Waals surface area (Å²) in [5.74, 6) is 3.38. The number of fused-ring (bicyclic) bond motifs is 11. The number of rotatable bonds is 4. The maximum atomic E-state index is 2.59. The van der Waals surface area contributed by atoms with Crippen LogP contribution in [0.1, 0.15) is 80.0 Å². The Morgan fingerprint density at radius 2 is 0.932 bits per heavy atom. The predicted molar refractivity (Wildman–Crippen MR) is 243 cm³/mol. The van der Waals surface area contributed by atoms with Crippen molar-refractivity contribution in [2.24, 2.45) is 23.7 Å². The molecule has 8 aromatic rings. The van der Waals surface area contributed by atoms with Crippen LogP contribution in [0.2, 0.25) is 0 Å².